The summed E-state index contributed by atoms with van der Waals surface area (Å²) in [5.74, 6) is 0.582. The van der Waals surface area contributed by atoms with Gasteiger partial charge < -0.3 is 9.80 Å². The minimum Gasteiger partial charge on any atom is -0.337 e. The van der Waals surface area contributed by atoms with Crippen molar-refractivity contribution in [3.8, 4) is 0 Å². The van der Waals surface area contributed by atoms with Crippen LogP contribution in [0.15, 0.2) is 22.9 Å². The van der Waals surface area contributed by atoms with Crippen molar-refractivity contribution in [1.29, 1.82) is 0 Å². The van der Waals surface area contributed by atoms with Crippen LogP contribution in [0.25, 0.3) is 0 Å². The zero-order valence-corrected chi connectivity index (χ0v) is 12.5. The molecule has 0 aromatic carbocycles. The van der Waals surface area contributed by atoms with E-state index in [1.807, 2.05) is 11.0 Å². The topological polar surface area (TPSA) is 36.4 Å². The first-order valence-electron chi connectivity index (χ1n) is 6.06. The van der Waals surface area contributed by atoms with E-state index in [0.717, 1.165) is 17.7 Å². The Morgan fingerprint density at radius 2 is 2.17 bits per heavy atom. The third-order valence-electron chi connectivity index (χ3n) is 3.50. The number of amides is 1. The molecule has 2 rings (SSSR count). The normalized spacial score (nSPS) is 23.7. The Morgan fingerprint density at radius 3 is 2.67 bits per heavy atom. The number of carbonyl (C=O) groups is 1. The molecule has 2 unspecified atom stereocenters. The van der Waals surface area contributed by atoms with Gasteiger partial charge in [-0.2, -0.15) is 0 Å². The minimum absolute atomic E-state index is 0.0752. The molecular weight excluding hydrogens is 294 g/mol. The van der Waals surface area contributed by atoms with E-state index in [-0.39, 0.29) is 5.91 Å². The van der Waals surface area contributed by atoms with E-state index in [2.05, 4.69) is 46.8 Å². The van der Waals surface area contributed by atoms with E-state index in [1.165, 1.54) is 0 Å². The average Bonchev–Trinajstić information content (AvgIpc) is 2.71. The van der Waals surface area contributed by atoms with Crippen LogP contribution in [0.1, 0.15) is 17.3 Å². The van der Waals surface area contributed by atoms with Crippen molar-refractivity contribution in [2.75, 3.05) is 27.2 Å². The Labute approximate surface area is 116 Å². The number of likely N-dealkylation sites (N-methyl/N-ethyl adjacent to an activating group) is 1. The molecule has 0 N–H and O–H groups in total. The zero-order chi connectivity index (χ0) is 13.3. The maximum Gasteiger partial charge on any atom is 0.255 e. The summed E-state index contributed by atoms with van der Waals surface area (Å²) in [5, 5.41) is 0. The second-order valence-electron chi connectivity index (χ2n) is 5.09. The molecule has 1 amide bonds. The lowest BCUT2D eigenvalue weighted by Gasteiger charge is -2.22. The van der Waals surface area contributed by atoms with Crippen molar-refractivity contribution < 1.29 is 4.79 Å². The van der Waals surface area contributed by atoms with Crippen LogP contribution in [-0.2, 0) is 0 Å². The molecule has 0 saturated carbocycles. The fraction of sp³-hybridized carbons (Fsp3) is 0.538. The molecule has 0 bridgehead atoms. The van der Waals surface area contributed by atoms with E-state index in [9.17, 15) is 4.79 Å². The third kappa shape index (κ3) is 2.72. The lowest BCUT2D eigenvalue weighted by molar-refractivity contribution is 0.0781. The molecule has 98 valence electrons. The Kier molecular flexibility index (Phi) is 4.02. The van der Waals surface area contributed by atoms with Gasteiger partial charge in [0.2, 0.25) is 0 Å². The fourth-order valence-corrected chi connectivity index (χ4v) is 2.71. The molecule has 1 saturated heterocycles. The Morgan fingerprint density at radius 1 is 1.44 bits per heavy atom. The number of aromatic nitrogens is 1. The highest BCUT2D eigenvalue weighted by atomic mass is 79.9. The number of hydrogen-bond acceptors (Lipinski definition) is 3. The SMILES string of the molecule is CC1CN(C(=O)c2ccc(Br)nc2)CC1N(C)C. The van der Waals surface area contributed by atoms with Gasteiger partial charge in [0.1, 0.15) is 4.60 Å². The van der Waals surface area contributed by atoms with E-state index >= 15 is 0 Å². The maximum absolute atomic E-state index is 12.3. The highest BCUT2D eigenvalue weighted by molar-refractivity contribution is 9.10. The Bertz CT molecular complexity index is 432. The van der Waals surface area contributed by atoms with Crippen LogP contribution in [-0.4, -0.2) is 53.9 Å². The van der Waals surface area contributed by atoms with Crippen molar-refractivity contribution in [2.45, 2.75) is 13.0 Å². The van der Waals surface area contributed by atoms with Crippen LogP contribution >= 0.6 is 15.9 Å². The molecule has 18 heavy (non-hydrogen) atoms. The summed E-state index contributed by atoms with van der Waals surface area (Å²) in [4.78, 5) is 20.5. The van der Waals surface area contributed by atoms with Gasteiger partial charge in [0.05, 0.1) is 5.56 Å². The quantitative estimate of drug-likeness (QED) is 0.782. The summed E-state index contributed by atoms with van der Waals surface area (Å²) in [6.45, 7) is 3.80. The molecule has 2 atom stereocenters. The molecule has 2 heterocycles. The fourth-order valence-electron chi connectivity index (χ4n) is 2.47. The molecule has 4 nitrogen and oxygen atoms in total. The van der Waals surface area contributed by atoms with Gasteiger partial charge in [-0.3, -0.25) is 4.79 Å². The number of halogens is 1. The second-order valence-corrected chi connectivity index (χ2v) is 5.90. The smallest absolute Gasteiger partial charge is 0.255 e. The lowest BCUT2D eigenvalue weighted by atomic mass is 10.1. The molecular formula is C13H18BrN3O. The summed E-state index contributed by atoms with van der Waals surface area (Å²) in [6, 6.07) is 4.06. The predicted molar refractivity (Wildman–Crippen MR) is 74.5 cm³/mol. The van der Waals surface area contributed by atoms with Crippen molar-refractivity contribution in [3.05, 3.63) is 28.5 Å². The molecule has 0 spiro atoms. The van der Waals surface area contributed by atoms with Gasteiger partial charge >= 0.3 is 0 Å². The summed E-state index contributed by atoms with van der Waals surface area (Å²) in [5.41, 5.74) is 0.657. The molecule has 1 aliphatic rings. The number of likely N-dealkylation sites (tertiary alicyclic amines) is 1. The lowest BCUT2D eigenvalue weighted by Crippen LogP contribution is -2.35. The number of rotatable bonds is 2. The van der Waals surface area contributed by atoms with Crippen molar-refractivity contribution in [2.24, 2.45) is 5.92 Å². The maximum atomic E-state index is 12.3. The van der Waals surface area contributed by atoms with Crippen LogP contribution in [0.4, 0.5) is 0 Å². The van der Waals surface area contributed by atoms with Gasteiger partial charge in [-0.1, -0.05) is 6.92 Å². The first kappa shape index (κ1) is 13.5. The van der Waals surface area contributed by atoms with Gasteiger partial charge in [-0.25, -0.2) is 4.98 Å². The molecule has 1 aromatic rings. The molecule has 1 aromatic heterocycles. The molecule has 1 aliphatic heterocycles. The van der Waals surface area contributed by atoms with Gasteiger partial charge in [-0.05, 0) is 48.1 Å². The van der Waals surface area contributed by atoms with Crippen molar-refractivity contribution in [3.63, 3.8) is 0 Å². The summed E-state index contributed by atoms with van der Waals surface area (Å²) in [7, 11) is 4.13. The van der Waals surface area contributed by atoms with E-state index < -0.39 is 0 Å². The highest BCUT2D eigenvalue weighted by Gasteiger charge is 2.33. The third-order valence-corrected chi connectivity index (χ3v) is 3.97. The van der Waals surface area contributed by atoms with Crippen molar-refractivity contribution >= 4 is 21.8 Å². The van der Waals surface area contributed by atoms with E-state index in [4.69, 9.17) is 0 Å². The van der Waals surface area contributed by atoms with Gasteiger partial charge in [-0.15, -0.1) is 0 Å². The number of nitrogens with zero attached hydrogens (tertiary/aromatic N) is 3. The average molecular weight is 312 g/mol. The van der Waals surface area contributed by atoms with Gasteiger partial charge in [0.25, 0.3) is 5.91 Å². The minimum atomic E-state index is 0.0752. The van der Waals surface area contributed by atoms with Crippen molar-refractivity contribution in [1.82, 2.24) is 14.8 Å². The monoisotopic (exact) mass is 311 g/mol. The van der Waals surface area contributed by atoms with E-state index in [0.29, 0.717) is 17.5 Å². The van der Waals surface area contributed by atoms with Crippen LogP contribution < -0.4 is 0 Å². The molecule has 0 radical (unpaired) electrons. The van der Waals surface area contributed by atoms with E-state index in [1.54, 1.807) is 12.3 Å². The molecule has 0 aliphatic carbocycles. The molecule has 1 fully saturated rings. The van der Waals surface area contributed by atoms with Gasteiger partial charge in [0.15, 0.2) is 0 Å². The van der Waals surface area contributed by atoms with Crippen LogP contribution in [0.2, 0.25) is 0 Å². The predicted octanol–water partition coefficient (Wildman–Crippen LogP) is 1.87. The van der Waals surface area contributed by atoms with Crippen LogP contribution in [0.3, 0.4) is 0 Å². The summed E-state index contributed by atoms with van der Waals surface area (Å²) < 4.78 is 0.750. The molecule has 5 heteroatoms. The summed E-state index contributed by atoms with van der Waals surface area (Å²) >= 11 is 3.27. The van der Waals surface area contributed by atoms with Crippen LogP contribution in [0, 0.1) is 5.92 Å². The first-order chi connectivity index (χ1) is 8.49. The number of carbonyl (C=O) groups excluding carboxylic acids is 1. The second kappa shape index (κ2) is 5.36. The van der Waals surface area contributed by atoms with Gasteiger partial charge in [0, 0.05) is 25.3 Å². The first-order valence-corrected chi connectivity index (χ1v) is 6.85. The number of hydrogen-bond donors (Lipinski definition) is 0. The highest BCUT2D eigenvalue weighted by Crippen LogP contribution is 2.22. The Hall–Kier alpha value is -0.940. The standard InChI is InChI=1S/C13H18BrN3O/c1-9-7-17(8-11(9)16(2)3)13(18)10-4-5-12(14)15-6-10/h4-6,9,11H,7-8H2,1-3H3. The van der Waals surface area contributed by atoms with Crippen LogP contribution in [0.5, 0.6) is 0 Å². The largest absolute Gasteiger partial charge is 0.337 e. The summed E-state index contributed by atoms with van der Waals surface area (Å²) in [6.07, 6.45) is 1.63. The zero-order valence-electron chi connectivity index (χ0n) is 10.9. The number of pyridine rings is 1. The Balaban J connectivity index is 2.09.